The molecule has 0 saturated carbocycles. The van der Waals surface area contributed by atoms with Gasteiger partial charge in [-0.3, -0.25) is 4.79 Å². The van der Waals surface area contributed by atoms with E-state index in [-0.39, 0.29) is 0 Å². The number of carboxylic acids is 1. The third-order valence-electron chi connectivity index (χ3n) is 3.31. The van der Waals surface area contributed by atoms with Gasteiger partial charge in [0.25, 0.3) is 0 Å². The summed E-state index contributed by atoms with van der Waals surface area (Å²) in [6.07, 6.45) is 12.6. The van der Waals surface area contributed by atoms with Crippen molar-refractivity contribution in [2.75, 3.05) is 0 Å². The highest BCUT2D eigenvalue weighted by Crippen LogP contribution is 2.13. The van der Waals surface area contributed by atoms with Gasteiger partial charge < -0.3 is 5.11 Å². The van der Waals surface area contributed by atoms with Gasteiger partial charge in [0.15, 0.2) is 0 Å². The van der Waals surface area contributed by atoms with Crippen LogP contribution in [-0.4, -0.2) is 17.1 Å². The molecule has 1 N–H and O–H groups in total. The maximum absolute atomic E-state index is 10.7. The van der Waals surface area contributed by atoms with Crippen LogP contribution in [0.5, 0.6) is 0 Å². The van der Waals surface area contributed by atoms with Crippen LogP contribution in [0.2, 0.25) is 0 Å². The molecule has 0 aromatic carbocycles. The second-order valence-electron chi connectivity index (χ2n) is 5.03. The topological polar surface area (TPSA) is 86.1 Å². The van der Waals surface area contributed by atoms with Crippen LogP contribution in [0.15, 0.2) is 5.11 Å². The number of azide groups is 1. The average molecular weight is 269 g/mol. The molecule has 0 aromatic heterocycles. The van der Waals surface area contributed by atoms with Crippen molar-refractivity contribution in [2.24, 2.45) is 5.11 Å². The van der Waals surface area contributed by atoms with Crippen LogP contribution in [0.3, 0.4) is 0 Å². The molecule has 0 aliphatic heterocycles. The molecular weight excluding hydrogens is 242 g/mol. The zero-order valence-corrected chi connectivity index (χ0v) is 12.1. The van der Waals surface area contributed by atoms with Crippen LogP contribution in [0.4, 0.5) is 0 Å². The van der Waals surface area contributed by atoms with Gasteiger partial charge >= 0.3 is 5.97 Å². The van der Waals surface area contributed by atoms with Crippen LogP contribution in [0.25, 0.3) is 10.4 Å². The summed E-state index contributed by atoms with van der Waals surface area (Å²) in [5, 5.41) is 12.1. The molecule has 1 unspecified atom stereocenters. The fourth-order valence-electron chi connectivity index (χ4n) is 2.12. The predicted molar refractivity (Wildman–Crippen MR) is 77.0 cm³/mol. The second-order valence-corrected chi connectivity index (χ2v) is 5.03. The van der Waals surface area contributed by atoms with E-state index in [1.54, 1.807) is 0 Å². The van der Waals surface area contributed by atoms with Gasteiger partial charge in [-0.1, -0.05) is 76.2 Å². The molecule has 5 heteroatoms. The van der Waals surface area contributed by atoms with E-state index in [1.165, 1.54) is 44.9 Å². The average Bonchev–Trinajstić information content (AvgIpc) is 2.39. The zero-order chi connectivity index (χ0) is 14.3. The standard InChI is InChI=1S/C14H27N3O2/c1-2-3-4-5-6-7-8-9-10-11-12-13(14(18)19)16-17-15/h13H,2-12H2,1H3,(H,18,19). The minimum absolute atomic E-state index is 0.454. The molecule has 0 radical (unpaired) electrons. The van der Waals surface area contributed by atoms with Crippen molar-refractivity contribution in [2.45, 2.75) is 83.6 Å². The van der Waals surface area contributed by atoms with Gasteiger partial charge in [-0.15, -0.1) is 0 Å². The summed E-state index contributed by atoms with van der Waals surface area (Å²) < 4.78 is 0. The minimum atomic E-state index is -1.02. The lowest BCUT2D eigenvalue weighted by Crippen LogP contribution is -2.16. The zero-order valence-electron chi connectivity index (χ0n) is 12.1. The third-order valence-corrected chi connectivity index (χ3v) is 3.31. The first-order chi connectivity index (χ1) is 9.22. The van der Waals surface area contributed by atoms with Gasteiger partial charge in [0.05, 0.1) is 0 Å². The van der Waals surface area contributed by atoms with E-state index < -0.39 is 12.0 Å². The number of nitrogens with zero attached hydrogens (tertiary/aromatic N) is 3. The lowest BCUT2D eigenvalue weighted by atomic mass is 10.0. The summed E-state index contributed by atoms with van der Waals surface area (Å²) in [7, 11) is 0. The molecule has 0 aliphatic carbocycles. The number of unbranched alkanes of at least 4 members (excludes halogenated alkanes) is 9. The smallest absolute Gasteiger partial charge is 0.312 e. The summed E-state index contributed by atoms with van der Waals surface area (Å²) in [5.41, 5.74) is 8.24. The summed E-state index contributed by atoms with van der Waals surface area (Å²) in [5.74, 6) is -1.02. The van der Waals surface area contributed by atoms with E-state index in [2.05, 4.69) is 16.9 Å². The molecule has 0 bridgehead atoms. The van der Waals surface area contributed by atoms with E-state index in [9.17, 15) is 4.79 Å². The Morgan fingerprint density at radius 2 is 1.53 bits per heavy atom. The molecule has 0 aliphatic rings. The Bertz CT molecular complexity index is 274. The van der Waals surface area contributed by atoms with E-state index in [0.717, 1.165) is 19.3 Å². The lowest BCUT2D eigenvalue weighted by Gasteiger charge is -2.05. The number of hydrogen-bond donors (Lipinski definition) is 1. The van der Waals surface area contributed by atoms with Gasteiger partial charge in [-0.2, -0.15) is 0 Å². The normalized spacial score (nSPS) is 11.8. The highest BCUT2D eigenvalue weighted by Gasteiger charge is 2.14. The number of aliphatic carboxylic acids is 1. The second kappa shape index (κ2) is 13.2. The van der Waals surface area contributed by atoms with E-state index in [4.69, 9.17) is 10.6 Å². The molecule has 0 spiro atoms. The molecular formula is C14H27N3O2. The summed E-state index contributed by atoms with van der Waals surface area (Å²) in [4.78, 5) is 13.3. The van der Waals surface area contributed by atoms with Crippen molar-refractivity contribution in [3.05, 3.63) is 10.4 Å². The maximum Gasteiger partial charge on any atom is 0.312 e. The molecule has 19 heavy (non-hydrogen) atoms. The van der Waals surface area contributed by atoms with Crippen molar-refractivity contribution < 1.29 is 9.90 Å². The predicted octanol–water partition coefficient (Wildman–Crippen LogP) is 5.06. The number of rotatable bonds is 13. The fourth-order valence-corrected chi connectivity index (χ4v) is 2.12. The van der Waals surface area contributed by atoms with Crippen molar-refractivity contribution in [1.82, 2.24) is 0 Å². The Labute approximate surface area is 116 Å². The third kappa shape index (κ3) is 11.6. The molecule has 1 atom stereocenters. The molecule has 0 heterocycles. The first kappa shape index (κ1) is 17.8. The molecule has 0 aromatic rings. The number of carboxylic acid groups (broad SMARTS) is 1. The van der Waals surface area contributed by atoms with E-state index >= 15 is 0 Å². The van der Waals surface area contributed by atoms with Gasteiger partial charge in [-0.25, -0.2) is 0 Å². The first-order valence-corrected chi connectivity index (χ1v) is 7.49. The van der Waals surface area contributed by atoms with Gasteiger partial charge in [0, 0.05) is 4.91 Å². The van der Waals surface area contributed by atoms with Gasteiger partial charge in [0.2, 0.25) is 0 Å². The molecule has 0 saturated heterocycles. The quantitative estimate of drug-likeness (QED) is 0.219. The van der Waals surface area contributed by atoms with Crippen LogP contribution < -0.4 is 0 Å². The Kier molecular flexibility index (Phi) is 12.4. The summed E-state index contributed by atoms with van der Waals surface area (Å²) in [6.45, 7) is 2.22. The lowest BCUT2D eigenvalue weighted by molar-refractivity contribution is -0.138. The van der Waals surface area contributed by atoms with Crippen LogP contribution in [-0.2, 0) is 4.79 Å². The molecule has 0 amide bonds. The Morgan fingerprint density at radius 3 is 1.95 bits per heavy atom. The molecule has 110 valence electrons. The summed E-state index contributed by atoms with van der Waals surface area (Å²) in [6, 6.07) is -0.890. The SMILES string of the molecule is CCCCCCCCCCCCC(N=[N+]=[N-])C(=O)O. The van der Waals surface area contributed by atoms with E-state index in [0.29, 0.717) is 6.42 Å². The van der Waals surface area contributed by atoms with Crippen LogP contribution in [0.1, 0.15) is 77.6 Å². The fraction of sp³-hybridized carbons (Fsp3) is 0.929. The highest BCUT2D eigenvalue weighted by molar-refractivity contribution is 5.73. The van der Waals surface area contributed by atoms with Crippen LogP contribution in [0, 0.1) is 0 Å². The Balaban J connectivity index is 3.34. The van der Waals surface area contributed by atoms with E-state index in [1.807, 2.05) is 0 Å². The van der Waals surface area contributed by atoms with Crippen LogP contribution >= 0.6 is 0 Å². The maximum atomic E-state index is 10.7. The highest BCUT2D eigenvalue weighted by atomic mass is 16.4. The largest absolute Gasteiger partial charge is 0.481 e. The Morgan fingerprint density at radius 1 is 1.05 bits per heavy atom. The number of carbonyl (C=O) groups is 1. The molecule has 0 fully saturated rings. The summed E-state index contributed by atoms with van der Waals surface area (Å²) >= 11 is 0. The first-order valence-electron chi connectivity index (χ1n) is 7.49. The Hall–Kier alpha value is -1.22. The van der Waals surface area contributed by atoms with Gasteiger partial charge in [0.1, 0.15) is 6.04 Å². The van der Waals surface area contributed by atoms with Crippen molar-refractivity contribution in [1.29, 1.82) is 0 Å². The molecule has 5 nitrogen and oxygen atoms in total. The monoisotopic (exact) mass is 269 g/mol. The van der Waals surface area contributed by atoms with Crippen molar-refractivity contribution in [3.8, 4) is 0 Å². The van der Waals surface area contributed by atoms with Crippen molar-refractivity contribution in [3.63, 3.8) is 0 Å². The number of hydrogen-bond acceptors (Lipinski definition) is 2. The van der Waals surface area contributed by atoms with Crippen molar-refractivity contribution >= 4 is 5.97 Å². The van der Waals surface area contributed by atoms with Gasteiger partial charge in [-0.05, 0) is 12.0 Å². The minimum Gasteiger partial charge on any atom is -0.481 e. The molecule has 0 rings (SSSR count).